The van der Waals surface area contributed by atoms with E-state index in [-0.39, 0.29) is 17.9 Å². The summed E-state index contributed by atoms with van der Waals surface area (Å²) in [6.07, 6.45) is 0.960. The van der Waals surface area contributed by atoms with Crippen LogP contribution >= 0.6 is 11.6 Å². The Morgan fingerprint density at radius 3 is 2.31 bits per heavy atom. The molecule has 0 aliphatic carbocycles. The monoisotopic (exact) mass is 447 g/mol. The summed E-state index contributed by atoms with van der Waals surface area (Å²) < 4.78 is 0. The smallest absolute Gasteiger partial charge is 0.326 e. The molecule has 1 saturated heterocycles. The van der Waals surface area contributed by atoms with Crippen LogP contribution in [0.15, 0.2) is 72.8 Å². The van der Waals surface area contributed by atoms with Crippen LogP contribution in [-0.4, -0.2) is 27.9 Å². The number of amides is 1. The fraction of sp³-hybridized carbons (Fsp3) is 0.259. The minimum absolute atomic E-state index is 0.200. The predicted octanol–water partition coefficient (Wildman–Crippen LogP) is 6.56. The molecule has 5 heteroatoms. The number of hydrogen-bond acceptors (Lipinski definition) is 2. The minimum Gasteiger partial charge on any atom is -0.480 e. The van der Waals surface area contributed by atoms with Gasteiger partial charge in [0.25, 0.3) is 5.91 Å². The lowest BCUT2D eigenvalue weighted by molar-refractivity contribution is -0.141. The summed E-state index contributed by atoms with van der Waals surface area (Å²) in [6.45, 7) is 4.19. The molecule has 4 rings (SSSR count). The van der Waals surface area contributed by atoms with Crippen molar-refractivity contribution in [2.75, 3.05) is 0 Å². The molecule has 1 heterocycles. The zero-order chi connectivity index (χ0) is 22.8. The summed E-state index contributed by atoms with van der Waals surface area (Å²) in [7, 11) is 0. The van der Waals surface area contributed by atoms with Gasteiger partial charge < -0.3 is 10.0 Å². The number of rotatable bonds is 5. The molecule has 3 aromatic carbocycles. The summed E-state index contributed by atoms with van der Waals surface area (Å²) in [5, 5.41) is 10.4. The third kappa shape index (κ3) is 4.15. The molecule has 32 heavy (non-hydrogen) atoms. The quantitative estimate of drug-likeness (QED) is 0.481. The molecule has 0 spiro atoms. The number of carboxylic acids is 1. The molecule has 0 unspecified atom stereocenters. The van der Waals surface area contributed by atoms with Crippen LogP contribution in [0.1, 0.15) is 60.1 Å². The van der Waals surface area contributed by atoms with E-state index in [0.29, 0.717) is 23.4 Å². The van der Waals surface area contributed by atoms with Crippen molar-refractivity contribution in [3.63, 3.8) is 0 Å². The maximum atomic E-state index is 13.7. The van der Waals surface area contributed by atoms with Gasteiger partial charge in [-0.3, -0.25) is 4.79 Å². The zero-order valence-corrected chi connectivity index (χ0v) is 18.9. The lowest BCUT2D eigenvalue weighted by Crippen LogP contribution is -2.42. The van der Waals surface area contributed by atoms with E-state index >= 15 is 0 Å². The third-order valence-electron chi connectivity index (χ3n) is 6.17. The van der Waals surface area contributed by atoms with E-state index in [1.807, 2.05) is 48.5 Å². The van der Waals surface area contributed by atoms with Gasteiger partial charge in [-0.2, -0.15) is 0 Å². The molecule has 1 fully saturated rings. The third-order valence-corrected chi connectivity index (χ3v) is 6.52. The average Bonchev–Trinajstić information content (AvgIpc) is 3.24. The van der Waals surface area contributed by atoms with Crippen LogP contribution < -0.4 is 0 Å². The summed E-state index contributed by atoms with van der Waals surface area (Å²) in [5.41, 5.74) is 4.52. The molecule has 0 bridgehead atoms. The van der Waals surface area contributed by atoms with Crippen LogP contribution in [0.2, 0.25) is 5.02 Å². The summed E-state index contributed by atoms with van der Waals surface area (Å²) >= 11 is 6.42. The molecule has 1 amide bonds. The Balaban J connectivity index is 1.76. The minimum atomic E-state index is -0.988. The molecule has 1 aliphatic rings. The van der Waals surface area contributed by atoms with Crippen molar-refractivity contribution in [1.82, 2.24) is 4.90 Å². The molecule has 1 N–H and O–H groups in total. The first-order valence-corrected chi connectivity index (χ1v) is 11.3. The Morgan fingerprint density at radius 2 is 1.66 bits per heavy atom. The van der Waals surface area contributed by atoms with Crippen molar-refractivity contribution >= 4 is 23.5 Å². The first-order chi connectivity index (χ1) is 15.4. The van der Waals surface area contributed by atoms with E-state index in [9.17, 15) is 14.7 Å². The largest absolute Gasteiger partial charge is 0.480 e. The molecular formula is C27H26ClNO3. The van der Waals surface area contributed by atoms with E-state index in [0.717, 1.165) is 22.3 Å². The van der Waals surface area contributed by atoms with Crippen LogP contribution in [0.4, 0.5) is 0 Å². The highest BCUT2D eigenvalue weighted by molar-refractivity contribution is 6.31. The molecule has 0 radical (unpaired) electrons. The maximum absolute atomic E-state index is 13.7. The molecular weight excluding hydrogens is 422 g/mol. The van der Waals surface area contributed by atoms with Crippen LogP contribution in [0, 0.1) is 0 Å². The number of carbonyl (C=O) groups is 2. The number of likely N-dealkylation sites (tertiary alicyclic amines) is 1. The van der Waals surface area contributed by atoms with Crippen molar-refractivity contribution in [3.05, 3.63) is 94.5 Å². The predicted molar refractivity (Wildman–Crippen MR) is 127 cm³/mol. The molecule has 2 atom stereocenters. The van der Waals surface area contributed by atoms with Gasteiger partial charge in [0.1, 0.15) is 6.04 Å². The van der Waals surface area contributed by atoms with Gasteiger partial charge in [0.15, 0.2) is 0 Å². The standard InChI is InChI=1S/C27H26ClNO3/c1-17(2)22-16-19(12-13-20(22)18-8-4-3-5-9-18)26(30)29-24(14-15-25(29)27(31)32)21-10-6-7-11-23(21)28/h3-13,16-17,24-25H,14-15H2,1-2H3,(H,31,32)/t24-,25+/m1/s1. The van der Waals surface area contributed by atoms with Crippen LogP contribution in [0.3, 0.4) is 0 Å². The van der Waals surface area contributed by atoms with Gasteiger partial charge >= 0.3 is 5.97 Å². The van der Waals surface area contributed by atoms with Crippen molar-refractivity contribution in [1.29, 1.82) is 0 Å². The van der Waals surface area contributed by atoms with E-state index in [2.05, 4.69) is 26.0 Å². The van der Waals surface area contributed by atoms with Gasteiger partial charge in [0.2, 0.25) is 0 Å². The Bertz CT molecular complexity index is 1140. The second-order valence-electron chi connectivity index (χ2n) is 8.50. The van der Waals surface area contributed by atoms with E-state index in [1.165, 1.54) is 4.90 Å². The SMILES string of the molecule is CC(C)c1cc(C(=O)N2[C@@H](c3ccccc3Cl)CC[C@H]2C(=O)O)ccc1-c1ccccc1. The molecule has 1 aliphatic heterocycles. The number of aliphatic carboxylic acids is 1. The zero-order valence-electron chi connectivity index (χ0n) is 18.2. The number of nitrogens with zero attached hydrogens (tertiary/aromatic N) is 1. The van der Waals surface area contributed by atoms with Crippen molar-refractivity contribution in [2.45, 2.75) is 44.7 Å². The fourth-order valence-corrected chi connectivity index (χ4v) is 4.85. The Labute approximate surface area is 193 Å². The van der Waals surface area contributed by atoms with E-state index in [1.54, 1.807) is 12.1 Å². The normalized spacial score (nSPS) is 18.2. The highest BCUT2D eigenvalue weighted by Crippen LogP contribution is 2.40. The number of benzene rings is 3. The Morgan fingerprint density at radius 1 is 0.969 bits per heavy atom. The average molecular weight is 448 g/mol. The summed E-state index contributed by atoms with van der Waals surface area (Å²) in [4.78, 5) is 27.2. The molecule has 3 aromatic rings. The van der Waals surface area contributed by atoms with Gasteiger partial charge in [0.05, 0.1) is 6.04 Å². The van der Waals surface area contributed by atoms with Gasteiger partial charge in [0, 0.05) is 10.6 Å². The molecule has 0 saturated carbocycles. The van der Waals surface area contributed by atoms with Crippen LogP contribution in [0.25, 0.3) is 11.1 Å². The van der Waals surface area contributed by atoms with Crippen LogP contribution in [0.5, 0.6) is 0 Å². The highest BCUT2D eigenvalue weighted by atomic mass is 35.5. The first-order valence-electron chi connectivity index (χ1n) is 10.9. The molecule has 4 nitrogen and oxygen atoms in total. The van der Waals surface area contributed by atoms with Gasteiger partial charge in [-0.25, -0.2) is 4.79 Å². The van der Waals surface area contributed by atoms with Crippen molar-refractivity contribution in [2.24, 2.45) is 0 Å². The topological polar surface area (TPSA) is 57.6 Å². The van der Waals surface area contributed by atoms with Crippen molar-refractivity contribution < 1.29 is 14.7 Å². The molecule has 0 aromatic heterocycles. The van der Waals surface area contributed by atoms with E-state index in [4.69, 9.17) is 11.6 Å². The maximum Gasteiger partial charge on any atom is 0.326 e. The molecule has 164 valence electrons. The van der Waals surface area contributed by atoms with Crippen molar-refractivity contribution in [3.8, 4) is 11.1 Å². The second kappa shape index (κ2) is 9.17. The highest BCUT2D eigenvalue weighted by Gasteiger charge is 2.42. The summed E-state index contributed by atoms with van der Waals surface area (Å²) in [6, 6.07) is 21.9. The number of halogens is 1. The second-order valence-corrected chi connectivity index (χ2v) is 8.91. The first kappa shape index (κ1) is 22.1. The number of carbonyl (C=O) groups excluding carboxylic acids is 1. The van der Waals surface area contributed by atoms with Gasteiger partial charge in [-0.15, -0.1) is 0 Å². The fourth-order valence-electron chi connectivity index (χ4n) is 4.59. The number of hydrogen-bond donors (Lipinski definition) is 1. The Kier molecular flexibility index (Phi) is 6.33. The lowest BCUT2D eigenvalue weighted by atomic mass is 9.90. The van der Waals surface area contributed by atoms with Gasteiger partial charge in [-0.05, 0) is 59.2 Å². The lowest BCUT2D eigenvalue weighted by Gasteiger charge is -2.29. The Hall–Kier alpha value is -3.11. The summed E-state index contributed by atoms with van der Waals surface area (Å²) in [5.74, 6) is -1.06. The van der Waals surface area contributed by atoms with E-state index < -0.39 is 12.0 Å². The van der Waals surface area contributed by atoms with Gasteiger partial charge in [-0.1, -0.05) is 80.0 Å². The van der Waals surface area contributed by atoms with Crippen LogP contribution in [-0.2, 0) is 4.79 Å². The number of carboxylic acid groups (broad SMARTS) is 1.